The van der Waals surface area contributed by atoms with Crippen LogP contribution in [0.4, 0.5) is 0 Å². The molecule has 0 spiro atoms. The van der Waals surface area contributed by atoms with Gasteiger partial charge in [0.1, 0.15) is 0 Å². The summed E-state index contributed by atoms with van der Waals surface area (Å²) in [7, 11) is 0. The smallest absolute Gasteiger partial charge is 0.232 e. The van der Waals surface area contributed by atoms with Crippen LogP contribution in [0.5, 0.6) is 5.88 Å². The lowest BCUT2D eigenvalue weighted by atomic mass is 10.1. The molecule has 0 amide bonds. The van der Waals surface area contributed by atoms with E-state index < -0.39 is 0 Å². The molecule has 1 heterocycles. The number of alkyl halides is 1. The maximum atomic E-state index is 5.53. The van der Waals surface area contributed by atoms with Gasteiger partial charge in [-0.1, -0.05) is 29.8 Å². The quantitative estimate of drug-likeness (QED) is 0.753. The van der Waals surface area contributed by atoms with Gasteiger partial charge in [-0.05, 0) is 26.2 Å². The Kier molecular flexibility index (Phi) is 5.89. The second-order valence-electron chi connectivity index (χ2n) is 4.95. The van der Waals surface area contributed by atoms with Crippen LogP contribution in [0.3, 0.4) is 0 Å². The molecular formula is C13H21BrN2O. The molecule has 0 bridgehead atoms. The van der Waals surface area contributed by atoms with E-state index >= 15 is 0 Å². The fraction of sp³-hybridized carbons (Fsp3) is 0.692. The summed E-state index contributed by atoms with van der Waals surface area (Å²) >= 11 is 3.68. The van der Waals surface area contributed by atoms with Crippen molar-refractivity contribution in [2.45, 2.75) is 51.5 Å². The first kappa shape index (κ1) is 14.4. The van der Waals surface area contributed by atoms with Crippen molar-refractivity contribution < 1.29 is 4.74 Å². The lowest BCUT2D eigenvalue weighted by Gasteiger charge is -2.13. The average Bonchev–Trinajstić information content (AvgIpc) is 2.14. The molecule has 0 radical (unpaired) electrons. The summed E-state index contributed by atoms with van der Waals surface area (Å²) in [5.74, 6) is 1.30. The van der Waals surface area contributed by atoms with Crippen molar-refractivity contribution in [1.29, 1.82) is 0 Å². The third kappa shape index (κ3) is 6.01. The summed E-state index contributed by atoms with van der Waals surface area (Å²) in [6.45, 7) is 8.41. The van der Waals surface area contributed by atoms with Crippen molar-refractivity contribution >= 4 is 15.9 Å². The zero-order valence-corrected chi connectivity index (χ0v) is 12.6. The second-order valence-corrected chi connectivity index (χ2v) is 6.24. The lowest BCUT2D eigenvalue weighted by molar-refractivity contribution is 0.231. The predicted molar refractivity (Wildman–Crippen MR) is 73.7 cm³/mol. The van der Waals surface area contributed by atoms with Gasteiger partial charge in [-0.15, -0.1) is 0 Å². The summed E-state index contributed by atoms with van der Waals surface area (Å²) in [6, 6.07) is 0. The number of rotatable bonds is 6. The lowest BCUT2D eigenvalue weighted by Crippen LogP contribution is -2.11. The van der Waals surface area contributed by atoms with Gasteiger partial charge in [0.15, 0.2) is 0 Å². The van der Waals surface area contributed by atoms with Crippen LogP contribution in [0.2, 0.25) is 0 Å². The Morgan fingerprint density at radius 1 is 1.24 bits per heavy atom. The summed E-state index contributed by atoms with van der Waals surface area (Å²) in [4.78, 5) is 9.06. The number of aromatic nitrogens is 2. The van der Waals surface area contributed by atoms with Crippen LogP contribution in [0.1, 0.15) is 39.8 Å². The first-order valence-electron chi connectivity index (χ1n) is 6.09. The minimum absolute atomic E-state index is 0.134. The third-order valence-corrected chi connectivity index (χ3v) is 2.87. The molecule has 0 aliphatic heterocycles. The van der Waals surface area contributed by atoms with E-state index in [0.717, 1.165) is 18.5 Å². The van der Waals surface area contributed by atoms with E-state index in [1.165, 1.54) is 0 Å². The molecule has 0 aliphatic carbocycles. The predicted octanol–water partition coefficient (Wildman–Crippen LogP) is 3.62. The van der Waals surface area contributed by atoms with Gasteiger partial charge >= 0.3 is 0 Å². The first-order valence-corrected chi connectivity index (χ1v) is 7.00. The Morgan fingerprint density at radius 2 is 1.94 bits per heavy atom. The number of hydrogen-bond acceptors (Lipinski definition) is 3. The van der Waals surface area contributed by atoms with Crippen molar-refractivity contribution in [1.82, 2.24) is 9.97 Å². The molecule has 0 aromatic carbocycles. The summed E-state index contributed by atoms with van der Waals surface area (Å²) in [5.41, 5.74) is 0.977. The molecule has 1 rings (SSSR count). The molecule has 1 aromatic heterocycles. The largest absolute Gasteiger partial charge is 0.474 e. The molecule has 0 aliphatic rings. The number of ether oxygens (including phenoxy) is 1. The fourth-order valence-corrected chi connectivity index (χ4v) is 2.68. The number of hydrogen-bond donors (Lipinski definition) is 0. The highest BCUT2D eigenvalue weighted by atomic mass is 79.9. The highest BCUT2D eigenvalue weighted by molar-refractivity contribution is 9.09. The van der Waals surface area contributed by atoms with Gasteiger partial charge in [-0.25, -0.2) is 4.98 Å². The molecule has 96 valence electrons. The van der Waals surface area contributed by atoms with Crippen LogP contribution >= 0.6 is 15.9 Å². The summed E-state index contributed by atoms with van der Waals surface area (Å²) in [5, 5.41) is 0. The van der Waals surface area contributed by atoms with Crippen LogP contribution in [0, 0.1) is 5.92 Å². The van der Waals surface area contributed by atoms with Gasteiger partial charge in [0.05, 0.1) is 18.0 Å². The SMILES string of the molecule is CC(C)CC(Br)Cc1cncc(OC(C)C)n1. The third-order valence-electron chi connectivity index (χ3n) is 2.18. The first-order chi connectivity index (χ1) is 7.97. The maximum absolute atomic E-state index is 5.53. The molecule has 0 saturated carbocycles. The van der Waals surface area contributed by atoms with Crippen molar-refractivity contribution in [3.05, 3.63) is 18.1 Å². The molecule has 1 atom stereocenters. The zero-order valence-electron chi connectivity index (χ0n) is 11.0. The van der Waals surface area contributed by atoms with Gasteiger partial charge in [0, 0.05) is 17.4 Å². The van der Waals surface area contributed by atoms with E-state index in [1.54, 1.807) is 6.20 Å². The average molecular weight is 301 g/mol. The zero-order chi connectivity index (χ0) is 12.8. The summed E-state index contributed by atoms with van der Waals surface area (Å²) < 4.78 is 5.53. The molecule has 4 heteroatoms. The highest BCUT2D eigenvalue weighted by Crippen LogP contribution is 2.18. The van der Waals surface area contributed by atoms with Crippen molar-refractivity contribution in [2.75, 3.05) is 0 Å². The molecule has 17 heavy (non-hydrogen) atoms. The number of nitrogens with zero attached hydrogens (tertiary/aromatic N) is 2. The molecule has 3 nitrogen and oxygen atoms in total. The number of halogens is 1. The summed E-state index contributed by atoms with van der Waals surface area (Å²) in [6.07, 6.45) is 5.63. The molecule has 0 N–H and O–H groups in total. The minimum atomic E-state index is 0.134. The van der Waals surface area contributed by atoms with Crippen LogP contribution in [-0.2, 0) is 6.42 Å². The van der Waals surface area contributed by atoms with Crippen LogP contribution in [-0.4, -0.2) is 20.9 Å². The van der Waals surface area contributed by atoms with Gasteiger partial charge in [0.25, 0.3) is 0 Å². The Bertz CT molecular complexity index is 342. The van der Waals surface area contributed by atoms with E-state index in [1.807, 2.05) is 20.0 Å². The van der Waals surface area contributed by atoms with E-state index in [0.29, 0.717) is 16.6 Å². The minimum Gasteiger partial charge on any atom is -0.474 e. The van der Waals surface area contributed by atoms with E-state index in [2.05, 4.69) is 39.7 Å². The molecule has 0 fully saturated rings. The normalized spacial score (nSPS) is 13.1. The topological polar surface area (TPSA) is 35.0 Å². The van der Waals surface area contributed by atoms with Crippen molar-refractivity contribution in [2.24, 2.45) is 5.92 Å². The molecular weight excluding hydrogens is 280 g/mol. The van der Waals surface area contributed by atoms with E-state index in [4.69, 9.17) is 4.74 Å². The van der Waals surface area contributed by atoms with Crippen LogP contribution < -0.4 is 4.74 Å². The van der Waals surface area contributed by atoms with Crippen LogP contribution in [0.15, 0.2) is 12.4 Å². The van der Waals surface area contributed by atoms with Crippen LogP contribution in [0.25, 0.3) is 0 Å². The Hall–Kier alpha value is -0.640. The molecule has 0 saturated heterocycles. The Labute approximate surface area is 112 Å². The Balaban J connectivity index is 2.59. The van der Waals surface area contributed by atoms with Gasteiger partial charge in [0.2, 0.25) is 5.88 Å². The fourth-order valence-electron chi connectivity index (χ4n) is 1.60. The monoisotopic (exact) mass is 300 g/mol. The Morgan fingerprint density at radius 3 is 2.53 bits per heavy atom. The second kappa shape index (κ2) is 6.94. The van der Waals surface area contributed by atoms with Crippen molar-refractivity contribution in [3.63, 3.8) is 0 Å². The standard InChI is InChI=1S/C13H21BrN2O/c1-9(2)5-11(14)6-12-7-15-8-13(16-12)17-10(3)4/h7-11H,5-6H2,1-4H3. The van der Waals surface area contributed by atoms with E-state index in [9.17, 15) is 0 Å². The molecule has 1 unspecified atom stereocenters. The van der Waals surface area contributed by atoms with E-state index in [-0.39, 0.29) is 6.10 Å². The molecule has 1 aromatic rings. The maximum Gasteiger partial charge on any atom is 0.232 e. The van der Waals surface area contributed by atoms with Gasteiger partial charge in [-0.3, -0.25) is 4.98 Å². The highest BCUT2D eigenvalue weighted by Gasteiger charge is 2.10. The van der Waals surface area contributed by atoms with Crippen molar-refractivity contribution in [3.8, 4) is 5.88 Å². The van der Waals surface area contributed by atoms with Gasteiger partial charge < -0.3 is 4.74 Å². The van der Waals surface area contributed by atoms with Gasteiger partial charge in [-0.2, -0.15) is 0 Å².